The highest BCUT2D eigenvalue weighted by atomic mass is 32.2. The van der Waals surface area contributed by atoms with Crippen molar-refractivity contribution in [1.82, 2.24) is 0 Å². The largest absolute Gasteiger partial charge is 0.488 e. The molecule has 45 heavy (non-hydrogen) atoms. The molecule has 0 aromatic heterocycles. The molecule has 0 saturated carbocycles. The predicted octanol–water partition coefficient (Wildman–Crippen LogP) is 6.57. The smallest absolute Gasteiger partial charge is 0.391 e. The van der Waals surface area contributed by atoms with Crippen LogP contribution in [0.5, 0.6) is 0 Å². The summed E-state index contributed by atoms with van der Waals surface area (Å²) in [5.74, 6) is -2.68. The lowest BCUT2D eigenvalue weighted by atomic mass is 10.1. The van der Waals surface area contributed by atoms with Crippen LogP contribution in [0.3, 0.4) is 0 Å². The lowest BCUT2D eigenvalue weighted by Crippen LogP contribution is -2.10. The maximum Gasteiger partial charge on any atom is 0.391 e. The quantitative estimate of drug-likeness (QED) is 0.0417. The van der Waals surface area contributed by atoms with Crippen molar-refractivity contribution >= 4 is 87.8 Å². The van der Waals surface area contributed by atoms with E-state index in [1.54, 1.807) is 6.07 Å². The Labute approximate surface area is 254 Å². The highest BCUT2D eigenvalue weighted by molar-refractivity contribution is 7.86. The van der Waals surface area contributed by atoms with E-state index in [1.807, 2.05) is 0 Å². The van der Waals surface area contributed by atoms with Crippen LogP contribution in [0.25, 0.3) is 21.5 Å². The third-order valence-corrected chi connectivity index (χ3v) is 8.05. The van der Waals surface area contributed by atoms with Crippen molar-refractivity contribution in [2.24, 2.45) is 25.4 Å². The Morgan fingerprint density at radius 2 is 1.00 bits per heavy atom. The predicted molar refractivity (Wildman–Crippen MR) is 164 cm³/mol. The number of carboxylic acid groups (broad SMARTS) is 1. The van der Waals surface area contributed by atoms with Gasteiger partial charge in [0.1, 0.15) is 0 Å². The molecule has 0 aliphatic rings. The van der Waals surface area contributed by atoms with E-state index in [0.29, 0.717) is 27.5 Å². The third-order valence-electron chi connectivity index (χ3n) is 6.35. The van der Waals surface area contributed by atoms with Gasteiger partial charge in [-0.3, -0.25) is 9.11 Å². The van der Waals surface area contributed by atoms with E-state index in [-0.39, 0.29) is 33.0 Å². The molecule has 0 aliphatic carbocycles. The summed E-state index contributed by atoms with van der Waals surface area (Å²) in [5, 5.41) is 36.3. The first-order valence-corrected chi connectivity index (χ1v) is 15.4. The molecule has 0 amide bonds. The molecule has 0 unspecified atom stereocenters. The van der Waals surface area contributed by atoms with Crippen molar-refractivity contribution in [3.8, 4) is 0 Å². The lowest BCUT2D eigenvalue weighted by molar-refractivity contribution is -0.130. The minimum absolute atomic E-state index is 0.148. The van der Waals surface area contributed by atoms with Gasteiger partial charge in [-0.25, -0.2) is 9.79 Å². The molecule has 15 nitrogen and oxygen atoms in total. The number of nitrogen functional groups attached to an aromatic ring is 1. The summed E-state index contributed by atoms with van der Waals surface area (Å²) < 4.78 is 66.3. The van der Waals surface area contributed by atoms with Gasteiger partial charge in [-0.05, 0) is 72.8 Å². The van der Waals surface area contributed by atoms with Gasteiger partial charge in [-0.2, -0.15) is 21.9 Å². The van der Waals surface area contributed by atoms with Gasteiger partial charge in [0.15, 0.2) is 0 Å². The van der Waals surface area contributed by atoms with Gasteiger partial charge in [0.05, 0.1) is 38.2 Å². The molecule has 0 spiro atoms. The van der Waals surface area contributed by atoms with Crippen LogP contribution >= 0.6 is 0 Å². The maximum atomic E-state index is 11.9. The topological polar surface area (TPSA) is 254 Å². The number of aliphatic carboxylic acids is 1. The number of rotatable bonds is 7. The van der Waals surface area contributed by atoms with Gasteiger partial charge in [0, 0.05) is 27.2 Å². The van der Waals surface area contributed by atoms with E-state index >= 15 is 0 Å². The number of aliphatic imine (C=N–C) groups is 1. The zero-order valence-corrected chi connectivity index (χ0v) is 24.2. The Kier molecular flexibility index (Phi) is 8.09. The first kappa shape index (κ1) is 30.8. The monoisotopic (exact) mass is 648 g/mol. The molecule has 0 heterocycles. The first-order valence-electron chi connectivity index (χ1n) is 12.5. The van der Waals surface area contributed by atoms with Crippen molar-refractivity contribution in [2.45, 2.75) is 9.79 Å². The molecule has 5 aromatic carbocycles. The number of azo groups is 2. The average Bonchev–Trinajstić information content (AvgIpc) is 2.99. The molecule has 5 rings (SSSR count). The number of hydrogen-bond donors (Lipinski definition) is 5. The third kappa shape index (κ3) is 6.81. The number of carbonyl (C=O) groups is 1. The van der Waals surface area contributed by atoms with Gasteiger partial charge in [0.2, 0.25) is 0 Å². The van der Waals surface area contributed by atoms with Crippen molar-refractivity contribution in [3.05, 3.63) is 84.9 Å². The van der Waals surface area contributed by atoms with Crippen LogP contribution in [0.15, 0.2) is 120 Å². The number of anilines is 1. The van der Waals surface area contributed by atoms with Gasteiger partial charge in [0.25, 0.3) is 26.1 Å². The molecule has 0 bridgehead atoms. The molecular weight excluding hydrogens is 628 g/mol. The summed E-state index contributed by atoms with van der Waals surface area (Å²) >= 11 is 0. The van der Waals surface area contributed by atoms with E-state index in [0.717, 1.165) is 0 Å². The fourth-order valence-corrected chi connectivity index (χ4v) is 5.21. The highest BCUT2D eigenvalue weighted by Crippen LogP contribution is 2.38. The average molecular weight is 649 g/mol. The molecule has 17 heteroatoms. The SMILES string of the molecule is Nc1ccc(N=Nc2ccc(N=Nc3ccc(N=C(O)C(=O)O)cc3)c3cc(S(=O)(=O)O)ccc23)c2cc(S(=O)(=O)O)ccc12. The van der Waals surface area contributed by atoms with Crippen LogP contribution in [-0.4, -0.2) is 48.0 Å². The van der Waals surface area contributed by atoms with Gasteiger partial charge in [-0.15, -0.1) is 15.3 Å². The van der Waals surface area contributed by atoms with Crippen LogP contribution in [0.1, 0.15) is 0 Å². The second-order valence-electron chi connectivity index (χ2n) is 9.30. The van der Waals surface area contributed by atoms with Crippen molar-refractivity contribution in [1.29, 1.82) is 0 Å². The molecule has 0 fully saturated rings. The van der Waals surface area contributed by atoms with E-state index in [1.165, 1.54) is 78.9 Å². The molecule has 0 radical (unpaired) electrons. The Hall–Kier alpha value is -5.62. The Bertz CT molecular complexity index is 2320. The Balaban J connectivity index is 1.57. The van der Waals surface area contributed by atoms with E-state index in [4.69, 9.17) is 10.8 Å². The van der Waals surface area contributed by atoms with E-state index < -0.39 is 37.0 Å². The zero-order chi connectivity index (χ0) is 32.5. The summed E-state index contributed by atoms with van der Waals surface area (Å²) in [6.45, 7) is 0. The van der Waals surface area contributed by atoms with Crippen molar-refractivity contribution in [3.63, 3.8) is 0 Å². The fraction of sp³-hybridized carbons (Fsp3) is 0. The molecular formula is C28H20N6O9S2. The number of aliphatic hydroxyl groups excluding tert-OH is 1. The highest BCUT2D eigenvalue weighted by Gasteiger charge is 2.15. The summed E-state index contributed by atoms with van der Waals surface area (Å²) in [7, 11) is -9.11. The number of benzene rings is 5. The molecule has 0 aliphatic heterocycles. The first-order chi connectivity index (χ1) is 21.2. The Morgan fingerprint density at radius 1 is 0.556 bits per heavy atom. The summed E-state index contributed by atoms with van der Waals surface area (Å²) in [4.78, 5) is 13.5. The number of nitrogens with zero attached hydrogens (tertiary/aromatic N) is 5. The zero-order valence-electron chi connectivity index (χ0n) is 22.5. The van der Waals surface area contributed by atoms with Crippen molar-refractivity contribution in [2.75, 3.05) is 5.73 Å². The normalized spacial score (nSPS) is 12.9. The van der Waals surface area contributed by atoms with E-state index in [9.17, 15) is 35.8 Å². The molecule has 0 atom stereocenters. The second kappa shape index (κ2) is 11.8. The molecule has 6 N–H and O–H groups in total. The number of hydrogen-bond acceptors (Lipinski definition) is 11. The van der Waals surface area contributed by atoms with Gasteiger partial charge < -0.3 is 15.9 Å². The lowest BCUT2D eigenvalue weighted by Gasteiger charge is -2.08. The van der Waals surface area contributed by atoms with Gasteiger partial charge >= 0.3 is 5.97 Å². The second-order valence-corrected chi connectivity index (χ2v) is 12.1. The van der Waals surface area contributed by atoms with E-state index in [2.05, 4.69) is 25.4 Å². The van der Waals surface area contributed by atoms with Crippen LogP contribution in [0, 0.1) is 0 Å². The number of fused-ring (bicyclic) bond motifs is 2. The van der Waals surface area contributed by atoms with Crippen molar-refractivity contribution < 1.29 is 40.9 Å². The molecule has 5 aromatic rings. The fourth-order valence-electron chi connectivity index (χ4n) is 4.20. The Morgan fingerprint density at radius 3 is 1.53 bits per heavy atom. The van der Waals surface area contributed by atoms with Crippen LogP contribution < -0.4 is 5.73 Å². The molecule has 228 valence electrons. The maximum absolute atomic E-state index is 11.9. The number of aliphatic hydroxyl groups is 1. The minimum Gasteiger partial charge on any atom is -0.488 e. The van der Waals surface area contributed by atoms with Gasteiger partial charge in [-0.1, -0.05) is 12.1 Å². The van der Waals surface area contributed by atoms with Crippen LogP contribution in [0.2, 0.25) is 0 Å². The summed E-state index contributed by atoms with van der Waals surface area (Å²) in [6.07, 6.45) is 0. The standard InChI is InChI=1S/C28H20N6O9S2/c29-23-9-10-25(21-13-17(44(38,39)40)5-7-19(21)23)34-33-24-11-12-26(22-14-18(45(41,42)43)6-8-20(22)24)32-31-16-3-1-15(2-4-16)30-27(35)28(36)37/h1-14H,29H2,(H,30,35)(H,36,37)(H,38,39,40)(H,41,42,43). The van der Waals surface area contributed by atoms with Crippen LogP contribution in [0.4, 0.5) is 34.1 Å². The molecule has 0 saturated heterocycles. The number of nitrogens with two attached hydrogens (primary N) is 1. The summed E-state index contributed by atoms with van der Waals surface area (Å²) in [6, 6.07) is 19.4. The minimum atomic E-state index is -4.59. The number of carboxylic acids is 1. The van der Waals surface area contributed by atoms with Crippen LogP contribution in [-0.2, 0) is 25.0 Å². The summed E-state index contributed by atoms with van der Waals surface area (Å²) in [5.41, 5.74) is 7.49.